The Balaban J connectivity index is 1.60. The van der Waals surface area contributed by atoms with Crippen molar-refractivity contribution in [3.05, 3.63) is 84.1 Å². The summed E-state index contributed by atoms with van der Waals surface area (Å²) in [6.07, 6.45) is 1.54. The van der Waals surface area contributed by atoms with Gasteiger partial charge in [-0.25, -0.2) is 9.38 Å². The molecule has 0 spiro atoms. The average Bonchev–Trinajstić information content (AvgIpc) is 3.38. The van der Waals surface area contributed by atoms with Crippen LogP contribution in [0.15, 0.2) is 76.3 Å². The van der Waals surface area contributed by atoms with Crippen molar-refractivity contribution >= 4 is 40.1 Å². The Morgan fingerprint density at radius 2 is 2.03 bits per heavy atom. The molecule has 1 fully saturated rings. The summed E-state index contributed by atoms with van der Waals surface area (Å²) >= 11 is 1.28. The van der Waals surface area contributed by atoms with Crippen molar-refractivity contribution < 1.29 is 18.4 Å². The second-order valence-corrected chi connectivity index (χ2v) is 8.35. The molecule has 1 saturated heterocycles. The highest BCUT2D eigenvalue weighted by Crippen LogP contribution is 2.41. The molecule has 0 bridgehead atoms. The number of nitrogens with zero attached hydrogens (tertiary/aromatic N) is 2. The van der Waals surface area contributed by atoms with Crippen molar-refractivity contribution in [3.63, 3.8) is 0 Å². The zero-order chi connectivity index (χ0) is 22.7. The van der Waals surface area contributed by atoms with Crippen LogP contribution in [0.5, 0.6) is 0 Å². The molecule has 4 rings (SSSR count). The highest BCUT2D eigenvalue weighted by Gasteiger charge is 2.39. The van der Waals surface area contributed by atoms with Crippen molar-refractivity contribution in [2.75, 3.05) is 5.32 Å². The van der Waals surface area contributed by atoms with Crippen LogP contribution in [0.2, 0.25) is 0 Å². The number of hydrogen-bond donors (Lipinski definition) is 2. The number of carbonyl (C=O) groups excluding carboxylic acids is 2. The number of nitrogens with two attached hydrogens (primary N) is 1. The standard InChI is InChI=1S/C23H21FN4O3S/c1-14(25)21(29)26-17-9-7-15(8-10-17)20-22(30)28(13-19-6-3-11-31-19)23(32-20)27-18-5-2-4-16(24)12-18/h2-12,14,20H,13,25H2,1H3,(H,26,29)/t14-,20?/m0/s1. The van der Waals surface area contributed by atoms with Gasteiger partial charge in [0.25, 0.3) is 0 Å². The minimum Gasteiger partial charge on any atom is -0.467 e. The van der Waals surface area contributed by atoms with Crippen molar-refractivity contribution in [2.45, 2.75) is 24.8 Å². The summed E-state index contributed by atoms with van der Waals surface area (Å²) in [5, 5.41) is 2.64. The van der Waals surface area contributed by atoms with E-state index in [4.69, 9.17) is 10.2 Å². The molecule has 1 aliphatic rings. The zero-order valence-electron chi connectivity index (χ0n) is 17.2. The summed E-state index contributed by atoms with van der Waals surface area (Å²) in [5.41, 5.74) is 7.34. The lowest BCUT2D eigenvalue weighted by Gasteiger charge is -2.15. The Morgan fingerprint density at radius 3 is 2.69 bits per heavy atom. The van der Waals surface area contributed by atoms with Gasteiger partial charge in [-0.2, -0.15) is 0 Å². The maximum absolute atomic E-state index is 13.6. The van der Waals surface area contributed by atoms with E-state index in [1.807, 2.05) is 0 Å². The molecule has 3 aromatic rings. The number of hydrogen-bond acceptors (Lipinski definition) is 6. The van der Waals surface area contributed by atoms with Crippen molar-refractivity contribution in [3.8, 4) is 0 Å². The molecule has 0 aliphatic carbocycles. The first-order chi connectivity index (χ1) is 15.4. The van der Waals surface area contributed by atoms with Crippen molar-refractivity contribution in [2.24, 2.45) is 10.7 Å². The molecule has 7 nitrogen and oxygen atoms in total. The molecule has 2 amide bonds. The number of anilines is 1. The number of amides is 2. The number of halogens is 1. The van der Waals surface area contributed by atoms with Crippen LogP contribution in [0.1, 0.15) is 23.5 Å². The summed E-state index contributed by atoms with van der Waals surface area (Å²) in [4.78, 5) is 31.1. The van der Waals surface area contributed by atoms with Gasteiger partial charge in [0.15, 0.2) is 5.17 Å². The topological polar surface area (TPSA) is 101 Å². The van der Waals surface area contributed by atoms with Gasteiger partial charge in [-0.05, 0) is 55.0 Å². The van der Waals surface area contributed by atoms with E-state index in [1.165, 1.54) is 28.8 Å². The van der Waals surface area contributed by atoms with Crippen LogP contribution in [0.25, 0.3) is 0 Å². The lowest BCUT2D eigenvalue weighted by Crippen LogP contribution is -2.32. The molecule has 2 atom stereocenters. The number of furan rings is 1. The molecule has 3 N–H and O–H groups in total. The van der Waals surface area contributed by atoms with Gasteiger partial charge in [0.05, 0.1) is 24.5 Å². The number of carbonyl (C=O) groups is 2. The quantitative estimate of drug-likeness (QED) is 0.584. The van der Waals surface area contributed by atoms with Crippen LogP contribution < -0.4 is 11.1 Å². The monoisotopic (exact) mass is 452 g/mol. The number of aliphatic imine (C=N–C) groups is 1. The SMILES string of the molecule is C[C@H](N)C(=O)Nc1ccc(C2SC(=Nc3cccc(F)c3)N(Cc3ccco3)C2=O)cc1. The molecule has 2 heterocycles. The molecule has 0 saturated carbocycles. The number of benzene rings is 2. The molecule has 1 aliphatic heterocycles. The summed E-state index contributed by atoms with van der Waals surface area (Å²) in [6, 6.07) is 15.8. The molecular weight excluding hydrogens is 431 g/mol. The fraction of sp³-hybridized carbons (Fsp3) is 0.174. The lowest BCUT2D eigenvalue weighted by molar-refractivity contribution is -0.126. The molecule has 1 aromatic heterocycles. The first-order valence-electron chi connectivity index (χ1n) is 9.92. The van der Waals surface area contributed by atoms with E-state index in [1.54, 1.807) is 61.7 Å². The van der Waals surface area contributed by atoms with Crippen LogP contribution in [0, 0.1) is 5.82 Å². The Kier molecular flexibility index (Phi) is 6.38. The van der Waals surface area contributed by atoms with E-state index in [0.717, 1.165) is 5.56 Å². The van der Waals surface area contributed by atoms with Crippen LogP contribution in [-0.4, -0.2) is 27.9 Å². The van der Waals surface area contributed by atoms with Crippen LogP contribution >= 0.6 is 11.8 Å². The van der Waals surface area contributed by atoms with E-state index in [2.05, 4.69) is 10.3 Å². The van der Waals surface area contributed by atoms with E-state index in [9.17, 15) is 14.0 Å². The molecule has 164 valence electrons. The molecule has 32 heavy (non-hydrogen) atoms. The summed E-state index contributed by atoms with van der Waals surface area (Å²) in [6.45, 7) is 1.82. The fourth-order valence-electron chi connectivity index (χ4n) is 3.11. The number of rotatable bonds is 6. The minimum atomic E-state index is -0.626. The normalized spacial score (nSPS) is 18.2. The van der Waals surface area contributed by atoms with Gasteiger partial charge in [-0.1, -0.05) is 30.0 Å². The highest BCUT2D eigenvalue weighted by atomic mass is 32.2. The molecule has 9 heteroatoms. The van der Waals surface area contributed by atoms with E-state index in [-0.39, 0.29) is 18.4 Å². The molecular formula is C23H21FN4O3S. The molecule has 0 radical (unpaired) electrons. The van der Waals surface area contributed by atoms with Crippen molar-refractivity contribution in [1.29, 1.82) is 0 Å². The average molecular weight is 453 g/mol. The predicted octanol–water partition coefficient (Wildman–Crippen LogP) is 4.21. The maximum atomic E-state index is 13.6. The van der Waals surface area contributed by atoms with Gasteiger partial charge in [0, 0.05) is 5.69 Å². The summed E-state index contributed by atoms with van der Waals surface area (Å²) in [5.74, 6) is -0.243. The van der Waals surface area contributed by atoms with Gasteiger partial charge in [0.2, 0.25) is 11.8 Å². The lowest BCUT2D eigenvalue weighted by atomic mass is 10.1. The first-order valence-corrected chi connectivity index (χ1v) is 10.8. The first kappa shape index (κ1) is 21.8. The van der Waals surface area contributed by atoms with E-state index in [0.29, 0.717) is 22.3 Å². The summed E-state index contributed by atoms with van der Waals surface area (Å²) < 4.78 is 19.0. The Hall–Kier alpha value is -3.43. The van der Waals surface area contributed by atoms with Crippen LogP contribution in [0.4, 0.5) is 15.8 Å². The third-order valence-electron chi connectivity index (χ3n) is 4.77. The minimum absolute atomic E-state index is 0.158. The summed E-state index contributed by atoms with van der Waals surface area (Å²) in [7, 11) is 0. The highest BCUT2D eigenvalue weighted by molar-refractivity contribution is 8.15. The molecule has 1 unspecified atom stereocenters. The van der Waals surface area contributed by atoms with Crippen molar-refractivity contribution in [1.82, 2.24) is 4.90 Å². The number of amidine groups is 1. The maximum Gasteiger partial charge on any atom is 0.247 e. The second kappa shape index (κ2) is 9.37. The fourth-order valence-corrected chi connectivity index (χ4v) is 4.28. The third-order valence-corrected chi connectivity index (χ3v) is 6.00. The van der Waals surface area contributed by atoms with Gasteiger partial charge >= 0.3 is 0 Å². The predicted molar refractivity (Wildman–Crippen MR) is 122 cm³/mol. The van der Waals surface area contributed by atoms with Gasteiger partial charge in [-0.15, -0.1) is 0 Å². The van der Waals surface area contributed by atoms with Gasteiger partial charge in [-0.3, -0.25) is 14.5 Å². The Morgan fingerprint density at radius 1 is 1.25 bits per heavy atom. The van der Waals surface area contributed by atoms with Gasteiger partial charge in [0.1, 0.15) is 16.8 Å². The Bertz CT molecular complexity index is 1150. The van der Waals surface area contributed by atoms with Crippen LogP contribution in [0.3, 0.4) is 0 Å². The zero-order valence-corrected chi connectivity index (χ0v) is 18.0. The third kappa shape index (κ3) is 4.90. The number of nitrogens with one attached hydrogen (secondary N) is 1. The Labute approximate surface area is 188 Å². The second-order valence-electron chi connectivity index (χ2n) is 7.28. The molecule has 2 aromatic carbocycles. The smallest absolute Gasteiger partial charge is 0.247 e. The van der Waals surface area contributed by atoms with Crippen LogP contribution in [-0.2, 0) is 16.1 Å². The van der Waals surface area contributed by atoms with Gasteiger partial charge < -0.3 is 15.5 Å². The van der Waals surface area contributed by atoms with E-state index < -0.39 is 17.1 Å². The van der Waals surface area contributed by atoms with E-state index >= 15 is 0 Å². The number of thioether (sulfide) groups is 1. The largest absolute Gasteiger partial charge is 0.467 e.